The molecule has 2 unspecified atom stereocenters. The maximum Gasteiger partial charge on any atom is 0.303 e. The summed E-state index contributed by atoms with van der Waals surface area (Å²) >= 11 is 0. The minimum atomic E-state index is -0.815. The summed E-state index contributed by atoms with van der Waals surface area (Å²) in [5.74, 6) is -0.734. The number of carboxylic acids is 1. The quantitative estimate of drug-likeness (QED) is 0.570. The van der Waals surface area contributed by atoms with Crippen molar-refractivity contribution < 1.29 is 19.8 Å². The minimum Gasteiger partial charge on any atom is -0.481 e. The van der Waals surface area contributed by atoms with Gasteiger partial charge in [-0.1, -0.05) is 6.92 Å². The van der Waals surface area contributed by atoms with E-state index in [2.05, 4.69) is 5.32 Å². The van der Waals surface area contributed by atoms with Gasteiger partial charge in [-0.25, -0.2) is 0 Å². The van der Waals surface area contributed by atoms with Crippen molar-refractivity contribution in [1.29, 1.82) is 0 Å². The molecule has 110 valence electrons. The lowest BCUT2D eigenvalue weighted by Crippen LogP contribution is -2.51. The predicted molar refractivity (Wildman–Crippen MR) is 70.7 cm³/mol. The molecule has 1 aliphatic rings. The highest BCUT2D eigenvalue weighted by molar-refractivity contribution is 5.76. The smallest absolute Gasteiger partial charge is 0.303 e. The van der Waals surface area contributed by atoms with Crippen LogP contribution in [0, 0.1) is 5.92 Å². The van der Waals surface area contributed by atoms with E-state index < -0.39 is 5.97 Å². The molecule has 0 saturated carbocycles. The van der Waals surface area contributed by atoms with Gasteiger partial charge in [-0.3, -0.25) is 9.59 Å². The third-order valence-electron chi connectivity index (χ3n) is 3.42. The number of carboxylic acid groups (broad SMARTS) is 1. The zero-order valence-electron chi connectivity index (χ0n) is 11.5. The molecule has 1 heterocycles. The number of hydrogen-bond donors (Lipinski definition) is 3. The summed E-state index contributed by atoms with van der Waals surface area (Å²) in [6, 6.07) is 0.125. The molecule has 1 aliphatic heterocycles. The molecule has 1 saturated heterocycles. The van der Waals surface area contributed by atoms with Gasteiger partial charge in [-0.05, 0) is 25.3 Å². The van der Waals surface area contributed by atoms with E-state index in [1.165, 1.54) is 0 Å². The maximum absolute atomic E-state index is 11.8. The van der Waals surface area contributed by atoms with Gasteiger partial charge in [-0.2, -0.15) is 0 Å². The van der Waals surface area contributed by atoms with Crippen LogP contribution in [0.15, 0.2) is 0 Å². The van der Waals surface area contributed by atoms with Crippen molar-refractivity contribution in [2.75, 3.05) is 26.2 Å². The molecule has 3 N–H and O–H groups in total. The molecule has 0 spiro atoms. The number of amides is 1. The second-order valence-corrected chi connectivity index (χ2v) is 5.08. The first-order valence-electron chi connectivity index (χ1n) is 6.90. The second kappa shape index (κ2) is 8.12. The van der Waals surface area contributed by atoms with Crippen molar-refractivity contribution in [3.63, 3.8) is 0 Å². The third kappa shape index (κ3) is 5.57. The fourth-order valence-corrected chi connectivity index (χ4v) is 2.56. The lowest BCUT2D eigenvalue weighted by molar-refractivity contribution is -0.141. The topological polar surface area (TPSA) is 89.9 Å². The van der Waals surface area contributed by atoms with Crippen molar-refractivity contribution >= 4 is 11.9 Å². The molecule has 2 atom stereocenters. The number of aliphatic hydroxyl groups is 1. The van der Waals surface area contributed by atoms with Crippen LogP contribution in [0.2, 0.25) is 0 Å². The van der Waals surface area contributed by atoms with Crippen LogP contribution in [-0.4, -0.2) is 59.3 Å². The number of carbonyl (C=O) groups is 2. The Morgan fingerprint density at radius 1 is 1.37 bits per heavy atom. The van der Waals surface area contributed by atoms with Crippen LogP contribution in [0.3, 0.4) is 0 Å². The molecule has 0 aromatic heterocycles. The van der Waals surface area contributed by atoms with E-state index in [0.29, 0.717) is 32.5 Å². The molecule has 6 nitrogen and oxygen atoms in total. The summed E-state index contributed by atoms with van der Waals surface area (Å²) in [7, 11) is 0. The van der Waals surface area contributed by atoms with Gasteiger partial charge in [0, 0.05) is 38.6 Å². The normalized spacial score (nSPS) is 23.4. The largest absolute Gasteiger partial charge is 0.481 e. The molecule has 1 fully saturated rings. The van der Waals surface area contributed by atoms with Crippen molar-refractivity contribution in [2.24, 2.45) is 5.92 Å². The van der Waals surface area contributed by atoms with Crippen LogP contribution in [-0.2, 0) is 9.59 Å². The number of aliphatic carboxylic acids is 1. The maximum atomic E-state index is 11.8. The van der Waals surface area contributed by atoms with Crippen LogP contribution in [0.1, 0.15) is 32.6 Å². The Kier molecular flexibility index (Phi) is 6.80. The van der Waals surface area contributed by atoms with Gasteiger partial charge < -0.3 is 20.4 Å². The third-order valence-corrected chi connectivity index (χ3v) is 3.42. The SMILES string of the molecule is CCC(=O)N1CC(CC(=O)O)CC(NCCCO)C1. The van der Waals surface area contributed by atoms with Crippen LogP contribution in [0.5, 0.6) is 0 Å². The molecule has 6 heteroatoms. The minimum absolute atomic E-state index is 0.00776. The van der Waals surface area contributed by atoms with E-state index in [-0.39, 0.29) is 30.9 Å². The summed E-state index contributed by atoms with van der Waals surface area (Å²) in [5.41, 5.74) is 0. The molecule has 0 radical (unpaired) electrons. The second-order valence-electron chi connectivity index (χ2n) is 5.08. The monoisotopic (exact) mass is 272 g/mol. The van der Waals surface area contributed by atoms with Crippen molar-refractivity contribution in [3.05, 3.63) is 0 Å². The van der Waals surface area contributed by atoms with Gasteiger partial charge in [0.25, 0.3) is 0 Å². The first-order valence-corrected chi connectivity index (χ1v) is 6.90. The van der Waals surface area contributed by atoms with Gasteiger partial charge in [0.05, 0.1) is 0 Å². The van der Waals surface area contributed by atoms with Crippen LogP contribution in [0.4, 0.5) is 0 Å². The Morgan fingerprint density at radius 2 is 2.11 bits per heavy atom. The Morgan fingerprint density at radius 3 is 2.68 bits per heavy atom. The zero-order chi connectivity index (χ0) is 14.3. The number of nitrogens with zero attached hydrogens (tertiary/aromatic N) is 1. The zero-order valence-corrected chi connectivity index (χ0v) is 11.5. The Hall–Kier alpha value is -1.14. The summed E-state index contributed by atoms with van der Waals surface area (Å²) in [6.45, 7) is 3.81. The molecule has 0 aliphatic carbocycles. The van der Waals surface area contributed by atoms with E-state index in [9.17, 15) is 9.59 Å². The summed E-state index contributed by atoms with van der Waals surface area (Å²) < 4.78 is 0. The van der Waals surface area contributed by atoms with Gasteiger partial charge >= 0.3 is 5.97 Å². The number of aliphatic hydroxyl groups excluding tert-OH is 1. The summed E-state index contributed by atoms with van der Waals surface area (Å²) in [5, 5.41) is 20.9. The predicted octanol–water partition coefficient (Wildman–Crippen LogP) is 0.0602. The van der Waals surface area contributed by atoms with Crippen molar-refractivity contribution in [1.82, 2.24) is 10.2 Å². The van der Waals surface area contributed by atoms with Gasteiger partial charge in [0.1, 0.15) is 0 Å². The molecule has 19 heavy (non-hydrogen) atoms. The number of carbonyl (C=O) groups excluding carboxylic acids is 1. The molecular weight excluding hydrogens is 248 g/mol. The lowest BCUT2D eigenvalue weighted by Gasteiger charge is -2.37. The number of piperidine rings is 1. The summed E-state index contributed by atoms with van der Waals surface area (Å²) in [6.07, 6.45) is 1.99. The molecule has 0 aromatic carbocycles. The van der Waals surface area contributed by atoms with E-state index >= 15 is 0 Å². The Bertz CT molecular complexity index is 309. The number of rotatable bonds is 7. The average Bonchev–Trinajstić information content (AvgIpc) is 2.37. The molecule has 0 bridgehead atoms. The highest BCUT2D eigenvalue weighted by atomic mass is 16.4. The van der Waals surface area contributed by atoms with Gasteiger partial charge in [0.15, 0.2) is 0 Å². The molecule has 1 rings (SSSR count). The first-order chi connectivity index (χ1) is 9.06. The summed E-state index contributed by atoms with van der Waals surface area (Å²) in [4.78, 5) is 24.4. The first kappa shape index (κ1) is 15.9. The highest BCUT2D eigenvalue weighted by Gasteiger charge is 2.30. The Labute approximate surface area is 113 Å². The van der Waals surface area contributed by atoms with Crippen LogP contribution < -0.4 is 5.32 Å². The van der Waals surface area contributed by atoms with Crippen molar-refractivity contribution in [3.8, 4) is 0 Å². The van der Waals surface area contributed by atoms with Gasteiger partial charge in [0.2, 0.25) is 5.91 Å². The number of nitrogens with one attached hydrogen (secondary N) is 1. The molecule has 0 aromatic rings. The lowest BCUT2D eigenvalue weighted by atomic mass is 9.91. The molecule has 1 amide bonds. The number of likely N-dealkylation sites (tertiary alicyclic amines) is 1. The van der Waals surface area contributed by atoms with Crippen molar-refractivity contribution in [2.45, 2.75) is 38.6 Å². The standard InChI is InChI=1S/C13H24N2O4/c1-2-12(17)15-8-10(7-13(18)19)6-11(9-15)14-4-3-5-16/h10-11,14,16H,2-9H2,1H3,(H,18,19). The van der Waals surface area contributed by atoms with E-state index in [4.69, 9.17) is 10.2 Å². The van der Waals surface area contributed by atoms with Gasteiger partial charge in [-0.15, -0.1) is 0 Å². The van der Waals surface area contributed by atoms with E-state index in [0.717, 1.165) is 6.42 Å². The van der Waals surface area contributed by atoms with E-state index in [1.807, 2.05) is 6.92 Å². The highest BCUT2D eigenvalue weighted by Crippen LogP contribution is 2.20. The van der Waals surface area contributed by atoms with Crippen LogP contribution >= 0.6 is 0 Å². The van der Waals surface area contributed by atoms with Crippen LogP contribution in [0.25, 0.3) is 0 Å². The number of hydrogen-bond acceptors (Lipinski definition) is 4. The average molecular weight is 272 g/mol. The fourth-order valence-electron chi connectivity index (χ4n) is 2.56. The van der Waals surface area contributed by atoms with E-state index in [1.54, 1.807) is 4.90 Å². The fraction of sp³-hybridized carbons (Fsp3) is 0.846. The molecular formula is C13H24N2O4. The Balaban J connectivity index is 2.55.